The lowest BCUT2D eigenvalue weighted by Crippen LogP contribution is -2.27. The van der Waals surface area contributed by atoms with Gasteiger partial charge in [-0.1, -0.05) is 13.0 Å². The summed E-state index contributed by atoms with van der Waals surface area (Å²) in [4.78, 5) is 11.5. The highest BCUT2D eigenvalue weighted by Gasteiger charge is 2.08. The zero-order valence-electron chi connectivity index (χ0n) is 9.92. The van der Waals surface area contributed by atoms with Crippen molar-refractivity contribution in [3.05, 3.63) is 23.3 Å². The molecular formula is C12H18N2O2. The first kappa shape index (κ1) is 12.5. The second-order valence-corrected chi connectivity index (χ2v) is 3.81. The number of aromatic hydroxyl groups is 1. The van der Waals surface area contributed by atoms with Crippen molar-refractivity contribution in [3.63, 3.8) is 0 Å². The van der Waals surface area contributed by atoms with E-state index in [0.29, 0.717) is 5.69 Å². The van der Waals surface area contributed by atoms with Crippen LogP contribution in [0.1, 0.15) is 18.1 Å². The van der Waals surface area contributed by atoms with Gasteiger partial charge in [-0.3, -0.25) is 4.79 Å². The molecule has 0 aliphatic rings. The monoisotopic (exact) mass is 222 g/mol. The van der Waals surface area contributed by atoms with E-state index in [1.807, 2.05) is 26.8 Å². The lowest BCUT2D eigenvalue weighted by atomic mass is 10.1. The lowest BCUT2D eigenvalue weighted by Gasteiger charge is -2.10. The summed E-state index contributed by atoms with van der Waals surface area (Å²) >= 11 is 0. The highest BCUT2D eigenvalue weighted by Crippen LogP contribution is 2.28. The summed E-state index contributed by atoms with van der Waals surface area (Å²) in [5.74, 6) is -0.0161. The van der Waals surface area contributed by atoms with E-state index < -0.39 is 0 Å². The summed E-state index contributed by atoms with van der Waals surface area (Å²) < 4.78 is 0. The van der Waals surface area contributed by atoms with Crippen LogP contribution in [0, 0.1) is 13.8 Å². The number of anilines is 1. The van der Waals surface area contributed by atoms with Crippen molar-refractivity contribution in [1.82, 2.24) is 5.32 Å². The number of aryl methyl sites for hydroxylation is 2. The average molecular weight is 222 g/mol. The molecule has 1 aromatic carbocycles. The number of benzene rings is 1. The van der Waals surface area contributed by atoms with Crippen molar-refractivity contribution in [3.8, 4) is 5.75 Å². The number of carbonyl (C=O) groups excluding carboxylic acids is 1. The van der Waals surface area contributed by atoms with Gasteiger partial charge in [-0.25, -0.2) is 0 Å². The molecule has 16 heavy (non-hydrogen) atoms. The smallest absolute Gasteiger partial charge is 0.238 e. The van der Waals surface area contributed by atoms with Gasteiger partial charge in [0.2, 0.25) is 5.91 Å². The van der Waals surface area contributed by atoms with Gasteiger partial charge < -0.3 is 15.7 Å². The number of hydrogen-bond donors (Lipinski definition) is 3. The van der Waals surface area contributed by atoms with Crippen molar-refractivity contribution >= 4 is 11.6 Å². The highest BCUT2D eigenvalue weighted by molar-refractivity contribution is 5.94. The Morgan fingerprint density at radius 2 is 2.06 bits per heavy atom. The third kappa shape index (κ3) is 3.24. The molecule has 0 unspecified atom stereocenters. The number of carbonyl (C=O) groups is 1. The molecule has 4 nitrogen and oxygen atoms in total. The van der Waals surface area contributed by atoms with Crippen molar-refractivity contribution in [2.45, 2.75) is 20.8 Å². The maximum Gasteiger partial charge on any atom is 0.238 e. The number of phenols is 1. The molecule has 0 saturated heterocycles. The molecule has 0 heterocycles. The normalized spacial score (nSPS) is 10.2. The van der Waals surface area contributed by atoms with Gasteiger partial charge in [0.1, 0.15) is 5.75 Å². The van der Waals surface area contributed by atoms with Crippen LogP contribution in [-0.2, 0) is 4.79 Å². The lowest BCUT2D eigenvalue weighted by molar-refractivity contribution is -0.115. The van der Waals surface area contributed by atoms with E-state index in [0.717, 1.165) is 17.7 Å². The molecule has 0 radical (unpaired) electrons. The van der Waals surface area contributed by atoms with Crippen LogP contribution in [0.4, 0.5) is 5.69 Å². The fourth-order valence-corrected chi connectivity index (χ4v) is 1.49. The van der Waals surface area contributed by atoms with E-state index in [4.69, 9.17) is 0 Å². The number of rotatable bonds is 4. The van der Waals surface area contributed by atoms with Crippen LogP contribution in [0.25, 0.3) is 0 Å². The second-order valence-electron chi connectivity index (χ2n) is 3.81. The number of likely N-dealkylation sites (N-methyl/N-ethyl adjacent to an activating group) is 1. The zero-order valence-corrected chi connectivity index (χ0v) is 9.92. The van der Waals surface area contributed by atoms with E-state index >= 15 is 0 Å². The number of nitrogens with one attached hydrogen (secondary N) is 2. The topological polar surface area (TPSA) is 61.4 Å². The molecule has 1 rings (SSSR count). The number of hydrogen-bond acceptors (Lipinski definition) is 3. The molecule has 3 N–H and O–H groups in total. The predicted molar refractivity (Wildman–Crippen MR) is 64.8 cm³/mol. The maximum atomic E-state index is 11.5. The van der Waals surface area contributed by atoms with Gasteiger partial charge in [0.25, 0.3) is 0 Å². The fraction of sp³-hybridized carbons (Fsp3) is 0.417. The van der Waals surface area contributed by atoms with E-state index in [1.165, 1.54) is 0 Å². The Balaban J connectivity index is 2.77. The van der Waals surface area contributed by atoms with Crippen molar-refractivity contribution in [2.24, 2.45) is 0 Å². The number of amides is 1. The molecule has 88 valence electrons. The quantitative estimate of drug-likeness (QED) is 0.677. The highest BCUT2D eigenvalue weighted by atomic mass is 16.3. The van der Waals surface area contributed by atoms with Gasteiger partial charge in [-0.2, -0.15) is 0 Å². The van der Waals surface area contributed by atoms with Crippen LogP contribution in [0.15, 0.2) is 12.1 Å². The Morgan fingerprint density at radius 3 is 2.69 bits per heavy atom. The fourth-order valence-electron chi connectivity index (χ4n) is 1.49. The SMILES string of the molecule is CCNCC(=O)Nc1cc(C)cc(C)c1O. The van der Waals surface area contributed by atoms with Gasteiger partial charge in [0, 0.05) is 0 Å². The van der Waals surface area contributed by atoms with Crippen LogP contribution in [0.3, 0.4) is 0 Å². The standard InChI is InChI=1S/C12H18N2O2/c1-4-13-7-11(15)14-10-6-8(2)5-9(3)12(10)16/h5-6,13,16H,4,7H2,1-3H3,(H,14,15). The van der Waals surface area contributed by atoms with E-state index in [1.54, 1.807) is 6.07 Å². The van der Waals surface area contributed by atoms with E-state index in [-0.39, 0.29) is 18.2 Å². The first-order valence-electron chi connectivity index (χ1n) is 5.35. The molecule has 0 spiro atoms. The van der Waals surface area contributed by atoms with Gasteiger partial charge >= 0.3 is 0 Å². The minimum Gasteiger partial charge on any atom is -0.505 e. The Morgan fingerprint density at radius 1 is 1.38 bits per heavy atom. The molecule has 0 aliphatic carbocycles. The summed E-state index contributed by atoms with van der Waals surface area (Å²) in [6.07, 6.45) is 0. The summed E-state index contributed by atoms with van der Waals surface area (Å²) in [5, 5.41) is 15.4. The first-order chi connectivity index (χ1) is 7.54. The molecule has 4 heteroatoms. The molecule has 0 bridgehead atoms. The van der Waals surface area contributed by atoms with Gasteiger partial charge in [-0.15, -0.1) is 0 Å². The predicted octanol–water partition coefficient (Wildman–Crippen LogP) is 1.56. The van der Waals surface area contributed by atoms with Crippen LogP contribution in [0.2, 0.25) is 0 Å². The van der Waals surface area contributed by atoms with Gasteiger partial charge in [0.05, 0.1) is 12.2 Å². The first-order valence-corrected chi connectivity index (χ1v) is 5.35. The minimum atomic E-state index is -0.151. The molecule has 0 aromatic heterocycles. The molecule has 0 atom stereocenters. The third-order valence-corrected chi connectivity index (χ3v) is 2.25. The molecule has 0 aliphatic heterocycles. The van der Waals surface area contributed by atoms with Gasteiger partial charge in [-0.05, 0) is 37.6 Å². The largest absolute Gasteiger partial charge is 0.505 e. The summed E-state index contributed by atoms with van der Waals surface area (Å²) in [6.45, 7) is 6.66. The molecule has 0 fully saturated rings. The van der Waals surface area contributed by atoms with Gasteiger partial charge in [0.15, 0.2) is 0 Å². The Labute approximate surface area is 95.7 Å². The second kappa shape index (κ2) is 5.51. The summed E-state index contributed by atoms with van der Waals surface area (Å²) in [5.41, 5.74) is 2.24. The van der Waals surface area contributed by atoms with Crippen LogP contribution in [-0.4, -0.2) is 24.1 Å². The maximum absolute atomic E-state index is 11.5. The Hall–Kier alpha value is -1.55. The van der Waals surface area contributed by atoms with Crippen molar-refractivity contribution in [2.75, 3.05) is 18.4 Å². The van der Waals surface area contributed by atoms with Crippen LogP contribution in [0.5, 0.6) is 5.75 Å². The van der Waals surface area contributed by atoms with Crippen molar-refractivity contribution in [1.29, 1.82) is 0 Å². The Kier molecular flexibility index (Phi) is 4.31. The molecule has 1 aromatic rings. The molecule has 0 saturated carbocycles. The van der Waals surface area contributed by atoms with E-state index in [9.17, 15) is 9.90 Å². The zero-order chi connectivity index (χ0) is 12.1. The van der Waals surface area contributed by atoms with Crippen LogP contribution < -0.4 is 10.6 Å². The van der Waals surface area contributed by atoms with Crippen LogP contribution >= 0.6 is 0 Å². The number of phenolic OH excluding ortho intramolecular Hbond substituents is 1. The average Bonchev–Trinajstić information content (AvgIpc) is 2.22. The third-order valence-electron chi connectivity index (χ3n) is 2.25. The summed E-state index contributed by atoms with van der Waals surface area (Å²) in [6, 6.07) is 3.63. The van der Waals surface area contributed by atoms with E-state index in [2.05, 4.69) is 10.6 Å². The van der Waals surface area contributed by atoms with Crippen molar-refractivity contribution < 1.29 is 9.90 Å². The Bertz CT molecular complexity index is 389. The summed E-state index contributed by atoms with van der Waals surface area (Å²) in [7, 11) is 0. The molecular weight excluding hydrogens is 204 g/mol. The molecule has 1 amide bonds. The minimum absolute atomic E-state index is 0.135.